The predicted octanol–water partition coefficient (Wildman–Crippen LogP) is 3.18. The molecule has 9 heteroatoms. The van der Waals surface area contributed by atoms with E-state index in [9.17, 15) is 9.59 Å². The normalized spacial score (nSPS) is 13.1. The molecule has 30 heavy (non-hydrogen) atoms. The Morgan fingerprint density at radius 1 is 1.07 bits per heavy atom. The van der Waals surface area contributed by atoms with E-state index in [1.165, 1.54) is 11.8 Å². The van der Waals surface area contributed by atoms with Gasteiger partial charge in [0.1, 0.15) is 0 Å². The van der Waals surface area contributed by atoms with Crippen LogP contribution < -0.4 is 10.6 Å². The van der Waals surface area contributed by atoms with Gasteiger partial charge in [0.05, 0.1) is 0 Å². The van der Waals surface area contributed by atoms with Crippen LogP contribution in [-0.2, 0) is 11.3 Å². The van der Waals surface area contributed by atoms with E-state index in [2.05, 4.69) is 30.4 Å². The lowest BCUT2D eigenvalue weighted by molar-refractivity contribution is -0.119. The lowest BCUT2D eigenvalue weighted by Gasteiger charge is -2.09. The van der Waals surface area contributed by atoms with Crippen LogP contribution in [0.5, 0.6) is 0 Å². The van der Waals surface area contributed by atoms with Crippen molar-refractivity contribution in [3.05, 3.63) is 60.4 Å². The van der Waals surface area contributed by atoms with Crippen LogP contribution in [0.25, 0.3) is 11.4 Å². The van der Waals surface area contributed by atoms with Crippen molar-refractivity contribution in [2.24, 2.45) is 0 Å². The summed E-state index contributed by atoms with van der Waals surface area (Å²) in [7, 11) is 0. The zero-order valence-electron chi connectivity index (χ0n) is 16.3. The monoisotopic (exact) mass is 422 g/mol. The predicted molar refractivity (Wildman–Crippen MR) is 114 cm³/mol. The maximum Gasteiger partial charge on any atom is 0.321 e. The second-order valence-corrected chi connectivity index (χ2v) is 8.02. The van der Waals surface area contributed by atoms with Crippen LogP contribution in [-0.4, -0.2) is 37.4 Å². The lowest BCUT2D eigenvalue weighted by atomic mass is 10.2. The number of benzene rings is 1. The minimum atomic E-state index is -0.491. The molecule has 1 saturated carbocycles. The Bertz CT molecular complexity index is 1000. The van der Waals surface area contributed by atoms with Crippen molar-refractivity contribution >= 4 is 23.7 Å². The summed E-state index contributed by atoms with van der Waals surface area (Å²) in [6.45, 7) is 0.372. The van der Waals surface area contributed by atoms with Gasteiger partial charge < -0.3 is 5.32 Å². The molecule has 0 bridgehead atoms. The molecule has 1 fully saturated rings. The first-order valence-corrected chi connectivity index (χ1v) is 10.8. The van der Waals surface area contributed by atoms with E-state index in [4.69, 9.17) is 0 Å². The molecule has 0 spiro atoms. The van der Waals surface area contributed by atoms with E-state index in [0.717, 1.165) is 34.9 Å². The number of nitrogens with one attached hydrogen (secondary N) is 2. The molecule has 0 unspecified atom stereocenters. The standard InChI is InChI=1S/C21H22N6O2S/c28-18(24-20(29)23-14-15-4-2-1-3-5-15)10-13-30-21-26-25-19(27(21)17-6-7-17)16-8-11-22-12-9-16/h1-5,8-9,11-12,17H,6-7,10,13-14H2,(H2,23,24,28,29). The first kappa shape index (κ1) is 20.1. The second-order valence-electron chi connectivity index (χ2n) is 6.96. The summed E-state index contributed by atoms with van der Waals surface area (Å²) < 4.78 is 2.14. The van der Waals surface area contributed by atoms with E-state index < -0.39 is 6.03 Å². The van der Waals surface area contributed by atoms with Gasteiger partial charge in [0.2, 0.25) is 5.91 Å². The summed E-state index contributed by atoms with van der Waals surface area (Å²) in [5.74, 6) is 1.02. The summed E-state index contributed by atoms with van der Waals surface area (Å²) in [6.07, 6.45) is 5.89. The molecule has 0 radical (unpaired) electrons. The van der Waals surface area contributed by atoms with Crippen molar-refractivity contribution < 1.29 is 9.59 Å². The number of aromatic nitrogens is 4. The van der Waals surface area contributed by atoms with Crippen LogP contribution in [0.1, 0.15) is 30.9 Å². The largest absolute Gasteiger partial charge is 0.334 e. The number of nitrogens with zero attached hydrogens (tertiary/aromatic N) is 4. The molecule has 0 atom stereocenters. The minimum Gasteiger partial charge on any atom is -0.334 e. The highest BCUT2D eigenvalue weighted by Crippen LogP contribution is 2.41. The molecular weight excluding hydrogens is 400 g/mol. The fourth-order valence-electron chi connectivity index (χ4n) is 2.98. The van der Waals surface area contributed by atoms with Crippen molar-refractivity contribution in [1.29, 1.82) is 0 Å². The van der Waals surface area contributed by atoms with Crippen LogP contribution in [0.15, 0.2) is 60.0 Å². The number of carbonyl (C=O) groups excluding carboxylic acids is 2. The van der Waals surface area contributed by atoms with Gasteiger partial charge in [0.15, 0.2) is 11.0 Å². The molecule has 0 saturated heterocycles. The fourth-order valence-corrected chi connectivity index (χ4v) is 3.92. The Labute approximate surface area is 178 Å². The molecule has 3 aromatic rings. The highest BCUT2D eigenvalue weighted by Gasteiger charge is 2.30. The third-order valence-corrected chi connectivity index (χ3v) is 5.57. The Morgan fingerprint density at radius 2 is 1.83 bits per heavy atom. The summed E-state index contributed by atoms with van der Waals surface area (Å²) in [5, 5.41) is 14.5. The molecule has 1 aliphatic carbocycles. The van der Waals surface area contributed by atoms with Crippen LogP contribution >= 0.6 is 11.8 Å². The second kappa shape index (κ2) is 9.53. The molecule has 1 aliphatic rings. The topological polar surface area (TPSA) is 102 Å². The first-order chi connectivity index (χ1) is 14.7. The SMILES string of the molecule is O=C(CCSc1nnc(-c2ccncc2)n1C1CC1)NC(=O)NCc1ccccc1. The fraction of sp³-hybridized carbons (Fsp3) is 0.286. The van der Waals surface area contributed by atoms with E-state index in [1.54, 1.807) is 12.4 Å². The molecule has 3 amide bonds. The van der Waals surface area contributed by atoms with Crippen molar-refractivity contribution in [2.75, 3.05) is 5.75 Å². The quantitative estimate of drug-likeness (QED) is 0.541. The number of carbonyl (C=O) groups is 2. The van der Waals surface area contributed by atoms with Gasteiger partial charge in [-0.3, -0.25) is 19.7 Å². The molecule has 4 rings (SSSR count). The Balaban J connectivity index is 1.27. The Kier molecular flexibility index (Phi) is 6.38. The van der Waals surface area contributed by atoms with Crippen LogP contribution in [0.2, 0.25) is 0 Å². The van der Waals surface area contributed by atoms with Crippen LogP contribution in [0, 0.1) is 0 Å². The zero-order chi connectivity index (χ0) is 20.8. The van der Waals surface area contributed by atoms with E-state index in [0.29, 0.717) is 18.3 Å². The molecular formula is C21H22N6O2S. The lowest BCUT2D eigenvalue weighted by Crippen LogP contribution is -2.39. The van der Waals surface area contributed by atoms with Crippen molar-refractivity contribution in [1.82, 2.24) is 30.4 Å². The maximum atomic E-state index is 12.1. The molecule has 2 aromatic heterocycles. The number of imide groups is 1. The van der Waals surface area contributed by atoms with Crippen LogP contribution in [0.3, 0.4) is 0 Å². The number of hydrogen-bond acceptors (Lipinski definition) is 6. The van der Waals surface area contributed by atoms with Gasteiger partial charge in [-0.25, -0.2) is 4.79 Å². The number of amides is 3. The first-order valence-electron chi connectivity index (χ1n) is 9.80. The van der Waals surface area contributed by atoms with Gasteiger partial charge in [-0.15, -0.1) is 10.2 Å². The minimum absolute atomic E-state index is 0.214. The summed E-state index contributed by atoms with van der Waals surface area (Å²) >= 11 is 1.48. The molecule has 1 aromatic carbocycles. The van der Waals surface area contributed by atoms with E-state index in [-0.39, 0.29) is 12.3 Å². The molecule has 2 N–H and O–H groups in total. The Morgan fingerprint density at radius 3 is 2.57 bits per heavy atom. The number of hydrogen-bond donors (Lipinski definition) is 2. The summed E-state index contributed by atoms with van der Waals surface area (Å²) in [6, 6.07) is 13.3. The number of urea groups is 1. The van der Waals surface area contributed by atoms with E-state index in [1.807, 2.05) is 42.5 Å². The molecule has 2 heterocycles. The van der Waals surface area contributed by atoms with Gasteiger partial charge in [-0.2, -0.15) is 0 Å². The molecule has 154 valence electrons. The van der Waals surface area contributed by atoms with Gasteiger partial charge in [0.25, 0.3) is 0 Å². The van der Waals surface area contributed by atoms with Crippen molar-refractivity contribution in [3.8, 4) is 11.4 Å². The van der Waals surface area contributed by atoms with Gasteiger partial charge in [-0.05, 0) is 30.5 Å². The highest BCUT2D eigenvalue weighted by atomic mass is 32.2. The van der Waals surface area contributed by atoms with Gasteiger partial charge >= 0.3 is 6.03 Å². The number of thioether (sulfide) groups is 1. The summed E-state index contributed by atoms with van der Waals surface area (Å²) in [4.78, 5) is 28.0. The third-order valence-electron chi connectivity index (χ3n) is 4.62. The third kappa shape index (κ3) is 5.24. The number of pyridine rings is 1. The van der Waals surface area contributed by atoms with Crippen molar-refractivity contribution in [3.63, 3.8) is 0 Å². The van der Waals surface area contributed by atoms with Crippen molar-refractivity contribution in [2.45, 2.75) is 37.0 Å². The molecule has 0 aliphatic heterocycles. The van der Waals surface area contributed by atoms with E-state index >= 15 is 0 Å². The average molecular weight is 423 g/mol. The highest BCUT2D eigenvalue weighted by molar-refractivity contribution is 7.99. The Hall–Kier alpha value is -3.20. The van der Waals surface area contributed by atoms with Gasteiger partial charge in [0, 0.05) is 42.7 Å². The zero-order valence-corrected chi connectivity index (χ0v) is 17.1. The average Bonchev–Trinajstić information content (AvgIpc) is 3.53. The number of rotatable bonds is 8. The van der Waals surface area contributed by atoms with Crippen LogP contribution in [0.4, 0.5) is 4.79 Å². The molecule has 8 nitrogen and oxygen atoms in total. The maximum absolute atomic E-state index is 12.1. The summed E-state index contributed by atoms with van der Waals surface area (Å²) in [5.41, 5.74) is 1.95. The van der Waals surface area contributed by atoms with Gasteiger partial charge in [-0.1, -0.05) is 42.1 Å². The smallest absolute Gasteiger partial charge is 0.321 e.